The van der Waals surface area contributed by atoms with Gasteiger partial charge in [-0.15, -0.1) is 0 Å². The summed E-state index contributed by atoms with van der Waals surface area (Å²) < 4.78 is 36.3. The first kappa shape index (κ1) is 40.3. The highest BCUT2D eigenvalue weighted by Gasteiger charge is 2.36. The average Bonchev–Trinajstić information content (AvgIpc) is 2.99. The molecule has 248 valence electrons. The van der Waals surface area contributed by atoms with E-state index in [1.54, 1.807) is 21.3 Å². The molecule has 0 rings (SSSR count). The average molecular weight is 634 g/mol. The maximum absolute atomic E-state index is 12.2. The lowest BCUT2D eigenvalue weighted by molar-refractivity contribution is -0.151. The first-order valence-corrected chi connectivity index (χ1v) is 16.2. The van der Waals surface area contributed by atoms with Crippen molar-refractivity contribution in [2.45, 2.75) is 39.2 Å². The molecule has 0 amide bonds. The van der Waals surface area contributed by atoms with Gasteiger partial charge in [-0.3, -0.25) is 9.59 Å². The SMILES string of the molecule is C=C(C)C(=O)OCCOC(=O)CCN(CCNCCNCCC[Si](OC)(OC)OC)CCC(=O)OCCOC(=O)C(=C)C. The smallest absolute Gasteiger partial charge is 0.462 e. The van der Waals surface area contributed by atoms with Gasteiger partial charge in [-0.1, -0.05) is 13.2 Å². The molecule has 0 bridgehead atoms. The normalized spacial score (nSPS) is 11.2. The third-order valence-electron chi connectivity index (χ3n) is 5.97. The molecule has 0 aromatic carbocycles. The van der Waals surface area contributed by atoms with Crippen molar-refractivity contribution in [1.29, 1.82) is 0 Å². The Bertz CT molecular complexity index is 811. The standard InChI is InChI=1S/C28H51N3O11Si/c1-23(2)27(34)41-20-18-39-25(32)9-15-31(16-10-26(33)40-19-21-42-28(35)24(3)4)17-14-30-13-12-29-11-8-22-43(36-5,37-6)38-7/h29-30H,1,3,8-22H2,2,4-7H3. The second-order valence-electron chi connectivity index (χ2n) is 9.51. The van der Waals surface area contributed by atoms with Crippen LogP contribution in [0.2, 0.25) is 6.04 Å². The minimum Gasteiger partial charge on any atom is -0.462 e. The molecule has 0 spiro atoms. The van der Waals surface area contributed by atoms with Crippen LogP contribution in [0, 0.1) is 0 Å². The van der Waals surface area contributed by atoms with Crippen molar-refractivity contribution in [3.63, 3.8) is 0 Å². The van der Waals surface area contributed by atoms with Crippen molar-refractivity contribution in [3.05, 3.63) is 24.3 Å². The van der Waals surface area contributed by atoms with Crippen LogP contribution in [0.1, 0.15) is 33.1 Å². The maximum atomic E-state index is 12.2. The van der Waals surface area contributed by atoms with Crippen molar-refractivity contribution in [1.82, 2.24) is 15.5 Å². The minimum absolute atomic E-state index is 0.0550. The molecule has 0 aliphatic heterocycles. The van der Waals surface area contributed by atoms with Crippen molar-refractivity contribution in [2.75, 3.05) is 93.6 Å². The highest BCUT2D eigenvalue weighted by molar-refractivity contribution is 6.60. The molecule has 15 heteroatoms. The van der Waals surface area contributed by atoms with Gasteiger partial charge in [0.25, 0.3) is 0 Å². The number of hydrogen-bond acceptors (Lipinski definition) is 14. The molecule has 43 heavy (non-hydrogen) atoms. The summed E-state index contributed by atoms with van der Waals surface area (Å²) in [5.41, 5.74) is 0.531. The summed E-state index contributed by atoms with van der Waals surface area (Å²) in [6.45, 7) is 14.0. The largest absolute Gasteiger partial charge is 0.500 e. The van der Waals surface area contributed by atoms with Gasteiger partial charge in [0.15, 0.2) is 0 Å². The molecule has 2 N–H and O–H groups in total. The van der Waals surface area contributed by atoms with E-state index in [9.17, 15) is 19.2 Å². The predicted octanol–water partition coefficient (Wildman–Crippen LogP) is 0.841. The van der Waals surface area contributed by atoms with Gasteiger partial charge in [-0.2, -0.15) is 0 Å². The van der Waals surface area contributed by atoms with E-state index < -0.39 is 32.7 Å². The zero-order valence-corrected chi connectivity index (χ0v) is 27.5. The Kier molecular flexibility index (Phi) is 23.2. The summed E-state index contributed by atoms with van der Waals surface area (Å²) in [6, 6.07) is 0.718. The van der Waals surface area contributed by atoms with Crippen LogP contribution in [0.4, 0.5) is 0 Å². The van der Waals surface area contributed by atoms with Crippen LogP contribution >= 0.6 is 0 Å². The fourth-order valence-corrected chi connectivity index (χ4v) is 5.18. The van der Waals surface area contributed by atoms with Crippen LogP contribution < -0.4 is 10.6 Å². The van der Waals surface area contributed by atoms with E-state index in [0.717, 1.165) is 32.1 Å². The Balaban J connectivity index is 4.47. The van der Waals surface area contributed by atoms with Gasteiger partial charge in [0, 0.05) is 77.8 Å². The monoisotopic (exact) mass is 633 g/mol. The fraction of sp³-hybridized carbons (Fsp3) is 0.714. The molecule has 0 unspecified atom stereocenters. The number of esters is 4. The molecule has 14 nitrogen and oxygen atoms in total. The molecule has 0 aliphatic rings. The Morgan fingerprint density at radius 2 is 1.05 bits per heavy atom. The Morgan fingerprint density at radius 1 is 0.628 bits per heavy atom. The molecule has 0 saturated carbocycles. The molecule has 0 fully saturated rings. The lowest BCUT2D eigenvalue weighted by Crippen LogP contribution is -2.43. The first-order valence-electron chi connectivity index (χ1n) is 14.3. The maximum Gasteiger partial charge on any atom is 0.500 e. The number of hydrogen-bond donors (Lipinski definition) is 2. The van der Waals surface area contributed by atoms with E-state index in [-0.39, 0.29) is 50.4 Å². The molecular weight excluding hydrogens is 582 g/mol. The van der Waals surface area contributed by atoms with Crippen LogP contribution in [-0.4, -0.2) is 131 Å². The van der Waals surface area contributed by atoms with Gasteiger partial charge in [-0.25, -0.2) is 9.59 Å². The van der Waals surface area contributed by atoms with Gasteiger partial charge in [0.2, 0.25) is 0 Å². The van der Waals surface area contributed by atoms with E-state index in [0.29, 0.717) is 26.2 Å². The lowest BCUT2D eigenvalue weighted by Gasteiger charge is -2.24. The van der Waals surface area contributed by atoms with Crippen molar-refractivity contribution in [2.24, 2.45) is 0 Å². The summed E-state index contributed by atoms with van der Waals surface area (Å²) in [5, 5.41) is 6.70. The molecule has 0 saturated heterocycles. The minimum atomic E-state index is -2.55. The third-order valence-corrected chi connectivity index (χ3v) is 8.81. The quantitative estimate of drug-likeness (QED) is 0.0431. The van der Waals surface area contributed by atoms with Gasteiger partial charge < -0.3 is 47.8 Å². The van der Waals surface area contributed by atoms with Gasteiger partial charge in [0.05, 0.1) is 12.8 Å². The number of carbonyl (C=O) groups is 4. The van der Waals surface area contributed by atoms with E-state index in [1.807, 2.05) is 4.90 Å². The summed E-state index contributed by atoms with van der Waals surface area (Å²) in [4.78, 5) is 49.1. The number of carbonyl (C=O) groups excluding carboxylic acids is 4. The summed E-state index contributed by atoms with van der Waals surface area (Å²) >= 11 is 0. The Morgan fingerprint density at radius 3 is 1.47 bits per heavy atom. The lowest BCUT2D eigenvalue weighted by atomic mass is 10.3. The topological polar surface area (TPSA) is 160 Å². The zero-order valence-electron chi connectivity index (χ0n) is 26.5. The zero-order chi connectivity index (χ0) is 32.5. The molecule has 0 aromatic rings. The van der Waals surface area contributed by atoms with E-state index in [1.165, 1.54) is 13.8 Å². The van der Waals surface area contributed by atoms with Gasteiger partial charge in [-0.05, 0) is 26.8 Å². The van der Waals surface area contributed by atoms with Crippen molar-refractivity contribution < 1.29 is 51.4 Å². The van der Waals surface area contributed by atoms with Crippen LogP contribution in [0.25, 0.3) is 0 Å². The molecule has 0 aliphatic carbocycles. The highest BCUT2D eigenvalue weighted by atomic mass is 28.4. The Hall–Kier alpha value is -2.66. The number of nitrogens with zero attached hydrogens (tertiary/aromatic N) is 1. The molecule has 0 aromatic heterocycles. The van der Waals surface area contributed by atoms with Crippen LogP contribution in [-0.2, 0) is 51.4 Å². The summed E-state index contributed by atoms with van der Waals surface area (Å²) in [6.07, 6.45) is 1.04. The Labute approximate surface area is 256 Å². The third kappa shape index (κ3) is 20.8. The van der Waals surface area contributed by atoms with Crippen molar-refractivity contribution in [3.8, 4) is 0 Å². The highest BCUT2D eigenvalue weighted by Crippen LogP contribution is 2.14. The molecule has 0 heterocycles. The first-order chi connectivity index (χ1) is 20.5. The van der Waals surface area contributed by atoms with Crippen LogP contribution in [0.5, 0.6) is 0 Å². The van der Waals surface area contributed by atoms with Crippen molar-refractivity contribution >= 4 is 32.7 Å². The summed E-state index contributed by atoms with van der Waals surface area (Å²) in [7, 11) is 2.24. The van der Waals surface area contributed by atoms with Crippen LogP contribution in [0.15, 0.2) is 24.3 Å². The van der Waals surface area contributed by atoms with Gasteiger partial charge in [0.1, 0.15) is 26.4 Å². The second-order valence-corrected chi connectivity index (χ2v) is 12.6. The molecular formula is C28H51N3O11Si. The van der Waals surface area contributed by atoms with E-state index >= 15 is 0 Å². The number of nitrogens with one attached hydrogen (secondary N) is 2. The molecule has 0 atom stereocenters. The predicted molar refractivity (Wildman–Crippen MR) is 161 cm³/mol. The number of rotatable bonds is 27. The van der Waals surface area contributed by atoms with Crippen LogP contribution in [0.3, 0.4) is 0 Å². The van der Waals surface area contributed by atoms with E-state index in [2.05, 4.69) is 23.8 Å². The fourth-order valence-electron chi connectivity index (χ4n) is 3.45. The number of ether oxygens (including phenoxy) is 4. The van der Waals surface area contributed by atoms with E-state index in [4.69, 9.17) is 32.2 Å². The summed E-state index contributed by atoms with van der Waals surface area (Å²) in [5.74, 6) is -1.98. The second kappa shape index (κ2) is 24.7. The van der Waals surface area contributed by atoms with Gasteiger partial charge >= 0.3 is 32.7 Å². The molecule has 0 radical (unpaired) electrons.